The van der Waals surface area contributed by atoms with E-state index >= 15 is 0 Å². The van der Waals surface area contributed by atoms with Crippen LogP contribution in [0.25, 0.3) is 0 Å². The normalized spacial score (nSPS) is 16.0. The van der Waals surface area contributed by atoms with Crippen LogP contribution >= 0.6 is 0 Å². The van der Waals surface area contributed by atoms with Crippen molar-refractivity contribution in [2.75, 3.05) is 7.11 Å². The topological polar surface area (TPSA) is 9.23 Å². The zero-order valence-electron chi connectivity index (χ0n) is 7.64. The number of rotatable bonds is 3. The van der Waals surface area contributed by atoms with E-state index in [1.807, 2.05) is 0 Å². The second-order valence-electron chi connectivity index (χ2n) is 2.82. The van der Waals surface area contributed by atoms with E-state index in [2.05, 4.69) is 33.8 Å². The Kier molecular flexibility index (Phi) is 4.37. The summed E-state index contributed by atoms with van der Waals surface area (Å²) in [5, 5.41) is 0. The fraction of sp³-hybridized carbons (Fsp3) is 0.778. The molecule has 0 saturated heterocycles. The van der Waals surface area contributed by atoms with E-state index < -0.39 is 0 Å². The molecule has 0 rings (SSSR count). The first kappa shape index (κ1) is 9.70. The number of methoxy groups -OCH3 is 1. The Bertz CT molecular complexity index is 114. The van der Waals surface area contributed by atoms with E-state index in [0.717, 1.165) is 0 Å². The minimum absolute atomic E-state index is 0.269. The molecule has 1 nitrogen and oxygen atoms in total. The number of hydrogen-bond donors (Lipinski definition) is 0. The van der Waals surface area contributed by atoms with Gasteiger partial charge >= 0.3 is 0 Å². The van der Waals surface area contributed by atoms with Crippen LogP contribution in [0.2, 0.25) is 0 Å². The monoisotopic (exact) mass is 142 g/mol. The highest BCUT2D eigenvalue weighted by Crippen LogP contribution is 2.15. The molecule has 1 atom stereocenters. The summed E-state index contributed by atoms with van der Waals surface area (Å²) in [7, 11) is 1.75. The van der Waals surface area contributed by atoms with Crippen LogP contribution in [0.5, 0.6) is 0 Å². The van der Waals surface area contributed by atoms with Crippen LogP contribution in [-0.2, 0) is 4.74 Å². The van der Waals surface area contributed by atoms with E-state index in [-0.39, 0.29) is 6.10 Å². The molecule has 0 fully saturated rings. The minimum atomic E-state index is 0.269. The van der Waals surface area contributed by atoms with Crippen molar-refractivity contribution in [1.82, 2.24) is 0 Å². The molecule has 60 valence electrons. The molecule has 1 heteroatoms. The second-order valence-corrected chi connectivity index (χ2v) is 2.82. The van der Waals surface area contributed by atoms with E-state index in [1.54, 1.807) is 7.11 Å². The lowest BCUT2D eigenvalue weighted by Gasteiger charge is -2.17. The Balaban J connectivity index is 4.08. The molecule has 0 aliphatic heterocycles. The van der Waals surface area contributed by atoms with Gasteiger partial charge in [0.1, 0.15) is 0 Å². The van der Waals surface area contributed by atoms with Crippen LogP contribution in [0.4, 0.5) is 0 Å². The molecule has 0 bridgehead atoms. The third kappa shape index (κ3) is 2.53. The van der Waals surface area contributed by atoms with Crippen molar-refractivity contribution < 1.29 is 4.74 Å². The van der Waals surface area contributed by atoms with Crippen molar-refractivity contribution in [2.24, 2.45) is 5.92 Å². The molecule has 0 radical (unpaired) electrons. The maximum Gasteiger partial charge on any atom is 0.0755 e. The minimum Gasteiger partial charge on any atom is -0.377 e. The van der Waals surface area contributed by atoms with Crippen molar-refractivity contribution in [3.8, 4) is 0 Å². The average molecular weight is 142 g/mol. The quantitative estimate of drug-likeness (QED) is 0.550. The largest absolute Gasteiger partial charge is 0.377 e. The molecule has 1 unspecified atom stereocenters. The summed E-state index contributed by atoms with van der Waals surface area (Å²) < 4.78 is 5.20. The molecule has 0 N–H and O–H groups in total. The Morgan fingerprint density at radius 1 is 1.30 bits per heavy atom. The molecule has 0 aliphatic carbocycles. The SMILES string of the molecule is CC=C(C(C)C)C(C)OC. The summed E-state index contributed by atoms with van der Waals surface area (Å²) >= 11 is 0. The van der Waals surface area contributed by atoms with Crippen molar-refractivity contribution in [1.29, 1.82) is 0 Å². The second kappa shape index (κ2) is 4.51. The molecule has 10 heavy (non-hydrogen) atoms. The van der Waals surface area contributed by atoms with Gasteiger partial charge in [-0.3, -0.25) is 0 Å². The number of allylic oxidation sites excluding steroid dienone is 1. The number of ether oxygens (including phenoxy) is 1. The van der Waals surface area contributed by atoms with Crippen molar-refractivity contribution in [2.45, 2.75) is 33.8 Å². The Morgan fingerprint density at radius 3 is 1.90 bits per heavy atom. The Labute approximate surface area is 64.1 Å². The van der Waals surface area contributed by atoms with Gasteiger partial charge in [-0.15, -0.1) is 0 Å². The molecular formula is C9H18O. The molecule has 0 amide bonds. The molecule has 0 heterocycles. The lowest BCUT2D eigenvalue weighted by atomic mass is 9.99. The molecular weight excluding hydrogens is 124 g/mol. The summed E-state index contributed by atoms with van der Waals surface area (Å²) in [5.74, 6) is 0.597. The van der Waals surface area contributed by atoms with Gasteiger partial charge in [0.15, 0.2) is 0 Å². The molecule has 0 spiro atoms. The highest BCUT2D eigenvalue weighted by atomic mass is 16.5. The van der Waals surface area contributed by atoms with Gasteiger partial charge in [-0.25, -0.2) is 0 Å². The first-order valence-corrected chi connectivity index (χ1v) is 3.82. The number of hydrogen-bond acceptors (Lipinski definition) is 1. The average Bonchev–Trinajstić information content (AvgIpc) is 1.88. The summed E-state index contributed by atoms with van der Waals surface area (Å²) in [5.41, 5.74) is 1.38. The summed E-state index contributed by atoms with van der Waals surface area (Å²) in [6.07, 6.45) is 2.41. The first-order chi connectivity index (χ1) is 4.63. The van der Waals surface area contributed by atoms with Crippen molar-refractivity contribution in [3.05, 3.63) is 11.6 Å². The summed E-state index contributed by atoms with van der Waals surface area (Å²) in [6, 6.07) is 0. The fourth-order valence-electron chi connectivity index (χ4n) is 1.17. The zero-order chi connectivity index (χ0) is 8.15. The van der Waals surface area contributed by atoms with Crippen LogP contribution in [0, 0.1) is 5.92 Å². The molecule has 0 saturated carbocycles. The molecule has 0 aromatic rings. The van der Waals surface area contributed by atoms with Gasteiger partial charge in [0, 0.05) is 7.11 Å². The third-order valence-electron chi connectivity index (χ3n) is 1.82. The van der Waals surface area contributed by atoms with E-state index in [0.29, 0.717) is 5.92 Å². The van der Waals surface area contributed by atoms with Crippen LogP contribution in [0.1, 0.15) is 27.7 Å². The van der Waals surface area contributed by atoms with E-state index in [4.69, 9.17) is 4.74 Å². The highest BCUT2D eigenvalue weighted by molar-refractivity contribution is 5.08. The van der Waals surface area contributed by atoms with Crippen molar-refractivity contribution in [3.63, 3.8) is 0 Å². The summed E-state index contributed by atoms with van der Waals surface area (Å²) in [6.45, 7) is 8.51. The van der Waals surface area contributed by atoms with Gasteiger partial charge in [-0.05, 0) is 25.3 Å². The maximum atomic E-state index is 5.20. The Hall–Kier alpha value is -0.300. The van der Waals surface area contributed by atoms with E-state index in [1.165, 1.54) is 5.57 Å². The third-order valence-corrected chi connectivity index (χ3v) is 1.82. The van der Waals surface area contributed by atoms with Gasteiger partial charge in [-0.2, -0.15) is 0 Å². The molecule has 0 aromatic carbocycles. The van der Waals surface area contributed by atoms with Gasteiger partial charge < -0.3 is 4.74 Å². The summed E-state index contributed by atoms with van der Waals surface area (Å²) in [4.78, 5) is 0. The standard InChI is InChI=1S/C9H18O/c1-6-9(7(2)3)8(4)10-5/h6-8H,1-5H3. The Morgan fingerprint density at radius 2 is 1.80 bits per heavy atom. The van der Waals surface area contributed by atoms with Crippen LogP contribution in [-0.4, -0.2) is 13.2 Å². The van der Waals surface area contributed by atoms with Gasteiger partial charge in [0.25, 0.3) is 0 Å². The predicted molar refractivity (Wildman–Crippen MR) is 45.1 cm³/mol. The van der Waals surface area contributed by atoms with Crippen LogP contribution < -0.4 is 0 Å². The van der Waals surface area contributed by atoms with E-state index in [9.17, 15) is 0 Å². The lowest BCUT2D eigenvalue weighted by molar-refractivity contribution is 0.139. The van der Waals surface area contributed by atoms with Crippen molar-refractivity contribution >= 4 is 0 Å². The molecule has 0 aliphatic rings. The highest BCUT2D eigenvalue weighted by Gasteiger charge is 2.09. The van der Waals surface area contributed by atoms with Crippen LogP contribution in [0.15, 0.2) is 11.6 Å². The van der Waals surface area contributed by atoms with Crippen LogP contribution in [0.3, 0.4) is 0 Å². The zero-order valence-corrected chi connectivity index (χ0v) is 7.64. The first-order valence-electron chi connectivity index (χ1n) is 3.82. The van der Waals surface area contributed by atoms with Gasteiger partial charge in [0.2, 0.25) is 0 Å². The van der Waals surface area contributed by atoms with Gasteiger partial charge in [-0.1, -0.05) is 19.9 Å². The lowest BCUT2D eigenvalue weighted by Crippen LogP contribution is -2.12. The smallest absolute Gasteiger partial charge is 0.0755 e. The maximum absolute atomic E-state index is 5.20. The predicted octanol–water partition coefficient (Wildman–Crippen LogP) is 2.62. The fourth-order valence-corrected chi connectivity index (χ4v) is 1.17. The van der Waals surface area contributed by atoms with Gasteiger partial charge in [0.05, 0.1) is 6.10 Å². The molecule has 0 aromatic heterocycles.